The van der Waals surface area contributed by atoms with Crippen molar-refractivity contribution in [2.75, 3.05) is 13.1 Å². The SMILES string of the molecule is Cc1ccc(C(=O)Oc2ccccc2Br)cc1S(=O)(=O)N1CCCCC1. The maximum absolute atomic E-state index is 13.0. The first-order valence-electron chi connectivity index (χ1n) is 8.47. The van der Waals surface area contributed by atoms with E-state index in [1.165, 1.54) is 10.4 Å². The van der Waals surface area contributed by atoms with Gasteiger partial charge in [0.2, 0.25) is 10.0 Å². The van der Waals surface area contributed by atoms with Gasteiger partial charge in [-0.2, -0.15) is 4.31 Å². The molecule has 2 aromatic carbocycles. The van der Waals surface area contributed by atoms with Gasteiger partial charge in [0.15, 0.2) is 0 Å². The van der Waals surface area contributed by atoms with Crippen molar-refractivity contribution < 1.29 is 17.9 Å². The van der Waals surface area contributed by atoms with E-state index in [-0.39, 0.29) is 10.5 Å². The Morgan fingerprint density at radius 1 is 1.08 bits per heavy atom. The van der Waals surface area contributed by atoms with Crippen molar-refractivity contribution in [1.82, 2.24) is 4.31 Å². The number of sulfonamides is 1. The molecule has 0 unspecified atom stereocenters. The first kappa shape index (κ1) is 19.1. The van der Waals surface area contributed by atoms with Crippen molar-refractivity contribution in [3.05, 3.63) is 58.1 Å². The van der Waals surface area contributed by atoms with Crippen LogP contribution >= 0.6 is 15.9 Å². The topological polar surface area (TPSA) is 63.7 Å². The molecule has 1 heterocycles. The van der Waals surface area contributed by atoms with E-state index in [2.05, 4.69) is 15.9 Å². The van der Waals surface area contributed by atoms with Gasteiger partial charge in [-0.1, -0.05) is 24.6 Å². The zero-order chi connectivity index (χ0) is 18.7. The second kappa shape index (κ2) is 7.90. The summed E-state index contributed by atoms with van der Waals surface area (Å²) < 4.78 is 33.5. The third kappa shape index (κ3) is 4.00. The Balaban J connectivity index is 1.90. The van der Waals surface area contributed by atoms with E-state index >= 15 is 0 Å². The maximum Gasteiger partial charge on any atom is 0.343 e. The van der Waals surface area contributed by atoms with Gasteiger partial charge in [-0.05, 0) is 65.5 Å². The highest BCUT2D eigenvalue weighted by atomic mass is 79.9. The van der Waals surface area contributed by atoms with E-state index in [0.29, 0.717) is 28.9 Å². The van der Waals surface area contributed by atoms with E-state index in [0.717, 1.165) is 19.3 Å². The summed E-state index contributed by atoms with van der Waals surface area (Å²) in [6.45, 7) is 2.78. The van der Waals surface area contributed by atoms with Crippen LogP contribution in [0.3, 0.4) is 0 Å². The summed E-state index contributed by atoms with van der Waals surface area (Å²) in [6.07, 6.45) is 2.77. The van der Waals surface area contributed by atoms with Crippen LogP contribution in [0, 0.1) is 6.92 Å². The Kier molecular flexibility index (Phi) is 5.79. The van der Waals surface area contributed by atoms with Crippen LogP contribution < -0.4 is 4.74 Å². The van der Waals surface area contributed by atoms with E-state index < -0.39 is 16.0 Å². The minimum absolute atomic E-state index is 0.168. The molecule has 5 nitrogen and oxygen atoms in total. The van der Waals surface area contributed by atoms with Gasteiger partial charge in [-0.25, -0.2) is 13.2 Å². The minimum atomic E-state index is -3.61. The summed E-state index contributed by atoms with van der Waals surface area (Å²) >= 11 is 3.33. The molecule has 2 aromatic rings. The lowest BCUT2D eigenvalue weighted by Crippen LogP contribution is -2.36. The van der Waals surface area contributed by atoms with Crippen molar-refractivity contribution in [2.45, 2.75) is 31.1 Å². The number of halogens is 1. The first-order valence-corrected chi connectivity index (χ1v) is 10.7. The summed E-state index contributed by atoms with van der Waals surface area (Å²) in [5, 5.41) is 0. The maximum atomic E-state index is 13.0. The molecule has 0 spiro atoms. The fourth-order valence-corrected chi connectivity index (χ4v) is 5.07. The van der Waals surface area contributed by atoms with Gasteiger partial charge in [0.05, 0.1) is 14.9 Å². The minimum Gasteiger partial charge on any atom is -0.422 e. The third-order valence-electron chi connectivity index (χ3n) is 4.40. The van der Waals surface area contributed by atoms with Crippen LogP contribution in [0.4, 0.5) is 0 Å². The molecule has 26 heavy (non-hydrogen) atoms. The normalized spacial score (nSPS) is 15.6. The van der Waals surface area contributed by atoms with Gasteiger partial charge in [-0.3, -0.25) is 0 Å². The molecule has 0 amide bonds. The molecule has 0 aliphatic carbocycles. The van der Waals surface area contributed by atoms with Gasteiger partial charge in [-0.15, -0.1) is 0 Å². The zero-order valence-corrected chi connectivity index (χ0v) is 16.8. The predicted molar refractivity (Wildman–Crippen MR) is 103 cm³/mol. The number of hydrogen-bond acceptors (Lipinski definition) is 4. The van der Waals surface area contributed by atoms with Crippen molar-refractivity contribution >= 4 is 31.9 Å². The van der Waals surface area contributed by atoms with Gasteiger partial charge in [0.25, 0.3) is 0 Å². The van der Waals surface area contributed by atoms with Crippen LogP contribution in [0.15, 0.2) is 51.8 Å². The number of carbonyl (C=O) groups is 1. The van der Waals surface area contributed by atoms with Crippen LogP contribution in [0.5, 0.6) is 5.75 Å². The molecule has 0 atom stereocenters. The number of para-hydroxylation sites is 1. The third-order valence-corrected chi connectivity index (χ3v) is 7.09. The lowest BCUT2D eigenvalue weighted by Gasteiger charge is -2.26. The zero-order valence-electron chi connectivity index (χ0n) is 14.4. The molecule has 138 valence electrons. The summed E-state index contributed by atoms with van der Waals surface area (Å²) in [7, 11) is -3.61. The number of carbonyl (C=O) groups excluding carboxylic acids is 1. The van der Waals surface area contributed by atoms with Crippen molar-refractivity contribution in [2.24, 2.45) is 0 Å². The Hall–Kier alpha value is -1.70. The number of ether oxygens (including phenoxy) is 1. The Morgan fingerprint density at radius 2 is 1.77 bits per heavy atom. The Bertz CT molecular complexity index is 921. The Labute approximate surface area is 162 Å². The highest BCUT2D eigenvalue weighted by Crippen LogP contribution is 2.27. The van der Waals surface area contributed by atoms with Gasteiger partial charge < -0.3 is 4.74 Å². The van der Waals surface area contributed by atoms with Crippen LogP contribution in [-0.4, -0.2) is 31.8 Å². The van der Waals surface area contributed by atoms with E-state index in [4.69, 9.17) is 4.74 Å². The monoisotopic (exact) mass is 437 g/mol. The van der Waals surface area contributed by atoms with Crippen LogP contribution in [0.2, 0.25) is 0 Å². The highest BCUT2D eigenvalue weighted by molar-refractivity contribution is 9.10. The number of benzene rings is 2. The van der Waals surface area contributed by atoms with Crippen molar-refractivity contribution in [1.29, 1.82) is 0 Å². The summed E-state index contributed by atoms with van der Waals surface area (Å²) in [5.74, 6) is -0.203. The van der Waals surface area contributed by atoms with Gasteiger partial charge >= 0.3 is 5.97 Å². The smallest absolute Gasteiger partial charge is 0.343 e. The number of hydrogen-bond donors (Lipinski definition) is 0. The molecule has 0 N–H and O–H groups in total. The number of piperidine rings is 1. The largest absolute Gasteiger partial charge is 0.422 e. The highest BCUT2D eigenvalue weighted by Gasteiger charge is 2.28. The molecule has 1 aliphatic heterocycles. The van der Waals surface area contributed by atoms with Gasteiger partial charge in [0.1, 0.15) is 5.75 Å². The second-order valence-corrected chi connectivity index (χ2v) is 9.03. The second-order valence-electron chi connectivity index (χ2n) is 6.26. The number of aryl methyl sites for hydroxylation is 1. The molecule has 0 saturated carbocycles. The molecular formula is C19H20BrNO4S. The summed E-state index contributed by atoms with van der Waals surface area (Å²) in [6, 6.07) is 11.7. The fourth-order valence-electron chi connectivity index (χ4n) is 2.94. The molecule has 0 bridgehead atoms. The summed E-state index contributed by atoms with van der Waals surface area (Å²) in [4.78, 5) is 12.6. The lowest BCUT2D eigenvalue weighted by molar-refractivity contribution is 0.0733. The van der Waals surface area contributed by atoms with E-state index in [1.807, 2.05) is 6.07 Å². The van der Waals surface area contributed by atoms with Crippen molar-refractivity contribution in [3.8, 4) is 5.75 Å². The van der Waals surface area contributed by atoms with Crippen LogP contribution in [0.25, 0.3) is 0 Å². The van der Waals surface area contributed by atoms with E-state index in [1.54, 1.807) is 37.3 Å². The predicted octanol–water partition coefficient (Wildman–Crippen LogP) is 4.15. The van der Waals surface area contributed by atoms with Crippen LogP contribution in [0.1, 0.15) is 35.2 Å². The molecule has 0 aromatic heterocycles. The number of rotatable bonds is 4. The first-order chi connectivity index (χ1) is 12.4. The molecule has 0 radical (unpaired) electrons. The number of esters is 1. The summed E-state index contributed by atoms with van der Waals surface area (Å²) in [5.41, 5.74) is 0.829. The van der Waals surface area contributed by atoms with Crippen LogP contribution in [-0.2, 0) is 10.0 Å². The van der Waals surface area contributed by atoms with Gasteiger partial charge in [0, 0.05) is 13.1 Å². The lowest BCUT2D eigenvalue weighted by atomic mass is 10.1. The quantitative estimate of drug-likeness (QED) is 0.532. The average Bonchev–Trinajstić information content (AvgIpc) is 2.64. The molecular weight excluding hydrogens is 418 g/mol. The van der Waals surface area contributed by atoms with E-state index in [9.17, 15) is 13.2 Å². The molecule has 7 heteroatoms. The standard InChI is InChI=1S/C19H20BrNO4S/c1-14-9-10-15(19(22)25-17-8-4-3-7-16(17)20)13-18(14)26(23,24)21-11-5-2-6-12-21/h3-4,7-10,13H,2,5-6,11-12H2,1H3. The fraction of sp³-hybridized carbons (Fsp3) is 0.316. The average molecular weight is 438 g/mol. The van der Waals surface area contributed by atoms with Crippen molar-refractivity contribution in [3.63, 3.8) is 0 Å². The Morgan fingerprint density at radius 3 is 2.46 bits per heavy atom. The molecule has 1 saturated heterocycles. The molecule has 1 aliphatic rings. The molecule has 1 fully saturated rings. The number of nitrogens with zero attached hydrogens (tertiary/aromatic N) is 1. The molecule has 3 rings (SSSR count).